The minimum atomic E-state index is 0.245. The minimum Gasteiger partial charge on any atom is -0.396 e. The maximum atomic E-state index is 8.61. The Labute approximate surface area is 73.6 Å². The number of nitrogens with two attached hydrogens (primary N) is 1. The average Bonchev–Trinajstić information content (AvgIpc) is 1.87. The van der Waals surface area contributed by atoms with Gasteiger partial charge in [0.15, 0.2) is 0 Å². The van der Waals surface area contributed by atoms with Crippen LogP contribution in [0.5, 0.6) is 0 Å². The molecule has 0 aliphatic carbocycles. The van der Waals surface area contributed by atoms with Gasteiger partial charge < -0.3 is 10.8 Å². The molecule has 0 saturated carbocycles. The summed E-state index contributed by atoms with van der Waals surface area (Å²) in [5.74, 6) is 0.791. The van der Waals surface area contributed by atoms with Gasteiger partial charge in [-0.3, -0.25) is 0 Å². The van der Waals surface area contributed by atoms with Crippen LogP contribution in [0.3, 0.4) is 0 Å². The van der Waals surface area contributed by atoms with E-state index in [9.17, 15) is 0 Å². The van der Waals surface area contributed by atoms with Gasteiger partial charge in [-0.05, 0) is 5.41 Å². The van der Waals surface area contributed by atoms with Crippen molar-refractivity contribution in [2.75, 3.05) is 18.9 Å². The van der Waals surface area contributed by atoms with E-state index in [0.717, 1.165) is 5.75 Å². The van der Waals surface area contributed by atoms with Crippen LogP contribution in [0.1, 0.15) is 20.8 Å². The number of aliphatic hydroxyl groups excluding tert-OH is 1. The Morgan fingerprint density at radius 1 is 1.45 bits per heavy atom. The van der Waals surface area contributed by atoms with Crippen LogP contribution in [-0.4, -0.2) is 29.3 Å². The fourth-order valence-corrected chi connectivity index (χ4v) is 1.89. The van der Waals surface area contributed by atoms with Crippen LogP contribution in [0, 0.1) is 5.41 Å². The van der Waals surface area contributed by atoms with Crippen LogP contribution in [-0.2, 0) is 0 Å². The highest BCUT2D eigenvalue weighted by molar-refractivity contribution is 8.00. The maximum absolute atomic E-state index is 8.61. The topological polar surface area (TPSA) is 46.2 Å². The Morgan fingerprint density at radius 2 is 2.00 bits per heavy atom. The average molecular weight is 177 g/mol. The van der Waals surface area contributed by atoms with Crippen molar-refractivity contribution < 1.29 is 5.11 Å². The van der Waals surface area contributed by atoms with Crippen LogP contribution >= 0.6 is 11.8 Å². The molecule has 0 saturated heterocycles. The van der Waals surface area contributed by atoms with Gasteiger partial charge in [0.25, 0.3) is 0 Å². The van der Waals surface area contributed by atoms with E-state index in [-0.39, 0.29) is 12.0 Å². The summed E-state index contributed by atoms with van der Waals surface area (Å²) in [6, 6.07) is 0. The molecule has 68 valence electrons. The standard InChI is InChI=1S/C8H19NOS/c1-8(2,3)7(6-9)11-5-4-10/h7,10H,4-6,9H2,1-3H3. The van der Waals surface area contributed by atoms with Crippen molar-refractivity contribution >= 4 is 11.8 Å². The van der Waals surface area contributed by atoms with E-state index in [1.807, 2.05) is 0 Å². The summed E-state index contributed by atoms with van der Waals surface area (Å²) in [6.45, 7) is 7.46. The second-order valence-corrected chi connectivity index (χ2v) is 5.00. The molecular weight excluding hydrogens is 158 g/mol. The highest BCUT2D eigenvalue weighted by Gasteiger charge is 2.22. The monoisotopic (exact) mass is 177 g/mol. The first-order valence-corrected chi connectivity index (χ1v) is 4.99. The number of hydrogen-bond donors (Lipinski definition) is 2. The quantitative estimate of drug-likeness (QED) is 0.675. The van der Waals surface area contributed by atoms with Crippen molar-refractivity contribution in [3.63, 3.8) is 0 Å². The van der Waals surface area contributed by atoms with Gasteiger partial charge >= 0.3 is 0 Å². The summed E-state index contributed by atoms with van der Waals surface area (Å²) in [7, 11) is 0. The molecule has 0 amide bonds. The van der Waals surface area contributed by atoms with Gasteiger partial charge in [0.2, 0.25) is 0 Å². The summed E-state index contributed by atoms with van der Waals surface area (Å²) in [6.07, 6.45) is 0. The molecule has 0 radical (unpaired) electrons. The van der Waals surface area contributed by atoms with Gasteiger partial charge in [-0.25, -0.2) is 0 Å². The highest BCUT2D eigenvalue weighted by Crippen LogP contribution is 2.28. The largest absolute Gasteiger partial charge is 0.396 e. The van der Waals surface area contributed by atoms with Gasteiger partial charge in [-0.2, -0.15) is 11.8 Å². The second-order valence-electron chi connectivity index (χ2n) is 3.68. The summed E-state index contributed by atoms with van der Waals surface area (Å²) in [5, 5.41) is 9.07. The summed E-state index contributed by atoms with van der Waals surface area (Å²) in [5.41, 5.74) is 5.84. The van der Waals surface area contributed by atoms with E-state index < -0.39 is 0 Å². The number of rotatable bonds is 4. The Hall–Kier alpha value is 0.270. The smallest absolute Gasteiger partial charge is 0.0521 e. The van der Waals surface area contributed by atoms with Gasteiger partial charge in [0.05, 0.1) is 6.61 Å². The Kier molecular flexibility index (Phi) is 5.13. The molecule has 0 aliphatic heterocycles. The lowest BCUT2D eigenvalue weighted by Gasteiger charge is -2.28. The zero-order chi connectivity index (χ0) is 8.91. The molecule has 0 aliphatic rings. The summed E-state index contributed by atoms with van der Waals surface area (Å²) in [4.78, 5) is 0. The number of aliphatic hydroxyl groups is 1. The van der Waals surface area contributed by atoms with Crippen molar-refractivity contribution in [1.29, 1.82) is 0 Å². The molecule has 0 bridgehead atoms. The Morgan fingerprint density at radius 3 is 2.27 bits per heavy atom. The zero-order valence-electron chi connectivity index (χ0n) is 7.63. The van der Waals surface area contributed by atoms with Gasteiger partial charge in [0, 0.05) is 17.5 Å². The molecule has 0 aromatic carbocycles. The van der Waals surface area contributed by atoms with E-state index in [1.165, 1.54) is 0 Å². The molecule has 0 fully saturated rings. The van der Waals surface area contributed by atoms with Crippen molar-refractivity contribution in [2.24, 2.45) is 11.1 Å². The predicted molar refractivity (Wildman–Crippen MR) is 51.8 cm³/mol. The van der Waals surface area contributed by atoms with E-state index >= 15 is 0 Å². The van der Waals surface area contributed by atoms with Gasteiger partial charge in [-0.1, -0.05) is 20.8 Å². The van der Waals surface area contributed by atoms with Crippen LogP contribution in [0.25, 0.3) is 0 Å². The third kappa shape index (κ3) is 4.67. The fraction of sp³-hybridized carbons (Fsp3) is 1.00. The molecule has 1 unspecified atom stereocenters. The van der Waals surface area contributed by atoms with E-state index in [4.69, 9.17) is 10.8 Å². The number of thioether (sulfide) groups is 1. The van der Waals surface area contributed by atoms with Crippen molar-refractivity contribution in [2.45, 2.75) is 26.0 Å². The normalized spacial score (nSPS) is 15.0. The van der Waals surface area contributed by atoms with Crippen LogP contribution < -0.4 is 5.73 Å². The van der Waals surface area contributed by atoms with Gasteiger partial charge in [-0.15, -0.1) is 0 Å². The van der Waals surface area contributed by atoms with E-state index in [1.54, 1.807) is 11.8 Å². The third-order valence-corrected chi connectivity index (χ3v) is 3.31. The summed E-state index contributed by atoms with van der Waals surface area (Å²) < 4.78 is 0. The van der Waals surface area contributed by atoms with Gasteiger partial charge in [0.1, 0.15) is 0 Å². The summed E-state index contributed by atoms with van der Waals surface area (Å²) >= 11 is 1.75. The van der Waals surface area contributed by atoms with Crippen molar-refractivity contribution in [3.05, 3.63) is 0 Å². The fourth-order valence-electron chi connectivity index (χ4n) is 0.867. The minimum absolute atomic E-state index is 0.245. The molecule has 3 heteroatoms. The molecule has 3 N–H and O–H groups in total. The Bertz CT molecular complexity index is 101. The van der Waals surface area contributed by atoms with E-state index in [0.29, 0.717) is 11.8 Å². The number of hydrogen-bond acceptors (Lipinski definition) is 3. The lowest BCUT2D eigenvalue weighted by Crippen LogP contribution is -2.31. The molecular formula is C8H19NOS. The lowest BCUT2D eigenvalue weighted by molar-refractivity contribution is 0.321. The lowest BCUT2D eigenvalue weighted by atomic mass is 9.92. The first kappa shape index (κ1) is 11.3. The molecule has 1 atom stereocenters. The molecule has 0 spiro atoms. The maximum Gasteiger partial charge on any atom is 0.0521 e. The van der Waals surface area contributed by atoms with Crippen LogP contribution in [0.4, 0.5) is 0 Å². The van der Waals surface area contributed by atoms with Crippen LogP contribution in [0.2, 0.25) is 0 Å². The third-order valence-electron chi connectivity index (χ3n) is 1.59. The first-order valence-electron chi connectivity index (χ1n) is 3.95. The van der Waals surface area contributed by atoms with Crippen molar-refractivity contribution in [3.8, 4) is 0 Å². The van der Waals surface area contributed by atoms with E-state index in [2.05, 4.69) is 20.8 Å². The molecule has 11 heavy (non-hydrogen) atoms. The molecule has 0 rings (SSSR count). The molecule has 0 aromatic rings. The zero-order valence-corrected chi connectivity index (χ0v) is 8.45. The van der Waals surface area contributed by atoms with Crippen LogP contribution in [0.15, 0.2) is 0 Å². The molecule has 0 aromatic heterocycles. The molecule has 2 nitrogen and oxygen atoms in total. The first-order chi connectivity index (χ1) is 5.02. The van der Waals surface area contributed by atoms with Crippen molar-refractivity contribution in [1.82, 2.24) is 0 Å². The molecule has 0 heterocycles. The Balaban J connectivity index is 3.76. The highest BCUT2D eigenvalue weighted by atomic mass is 32.2. The SMILES string of the molecule is CC(C)(C)C(CN)SCCO. The second kappa shape index (κ2) is 5.01. The predicted octanol–water partition coefficient (Wildman–Crippen LogP) is 1.09.